The van der Waals surface area contributed by atoms with E-state index >= 15 is 0 Å². The van der Waals surface area contributed by atoms with Crippen molar-refractivity contribution in [3.63, 3.8) is 0 Å². The second-order valence-electron chi connectivity index (χ2n) is 18.2. The molecule has 0 aliphatic carbocycles. The summed E-state index contributed by atoms with van der Waals surface area (Å²) in [6.07, 6.45) is 43.0. The molecule has 0 rings (SSSR count). The smallest absolute Gasteiger partial charge is 0.462 e. The standard InChI is InChI=1S/C48H96NO8P/c1-6-8-10-12-14-16-18-19-20-21-22-23-24-25-26-27-28-29-31-33-35-37-39-41-48(51)57-46(45-56-58(52,53)55-43-42-49(3,4)5)44-54-47(50)40-38-36-34-32-30-17-15-13-11-9-7-2/h46H,6-45H2,1-5H3/p+1. The first kappa shape index (κ1) is 57.0. The monoisotopic (exact) mass is 847 g/mol. The molecule has 0 spiro atoms. The Bertz CT molecular complexity index is 958. The highest BCUT2D eigenvalue weighted by Gasteiger charge is 2.27. The molecule has 0 fully saturated rings. The lowest BCUT2D eigenvalue weighted by Crippen LogP contribution is -2.37. The van der Waals surface area contributed by atoms with Gasteiger partial charge in [-0.15, -0.1) is 0 Å². The summed E-state index contributed by atoms with van der Waals surface area (Å²) in [4.78, 5) is 35.4. The lowest BCUT2D eigenvalue weighted by Gasteiger charge is -2.24. The number of unbranched alkanes of at least 4 members (excludes halogenated alkanes) is 32. The first-order chi connectivity index (χ1) is 28.0. The molecule has 0 saturated heterocycles. The topological polar surface area (TPSA) is 108 Å². The summed E-state index contributed by atoms with van der Waals surface area (Å²) < 4.78 is 34.4. The fourth-order valence-electron chi connectivity index (χ4n) is 7.25. The van der Waals surface area contributed by atoms with Gasteiger partial charge in [0.05, 0.1) is 27.7 Å². The first-order valence-electron chi connectivity index (χ1n) is 24.8. The molecular formula is C48H97NO8P+. The Balaban J connectivity index is 4.14. The number of esters is 2. The minimum atomic E-state index is -4.37. The number of likely N-dealkylation sites (N-methyl/N-ethyl adjacent to an activating group) is 1. The van der Waals surface area contributed by atoms with E-state index in [0.717, 1.165) is 38.5 Å². The van der Waals surface area contributed by atoms with Gasteiger partial charge in [0.1, 0.15) is 19.8 Å². The molecular weight excluding hydrogens is 750 g/mol. The Labute approximate surface area is 359 Å². The Morgan fingerprint density at radius 1 is 0.466 bits per heavy atom. The molecule has 0 amide bonds. The second-order valence-corrected chi connectivity index (χ2v) is 19.7. The van der Waals surface area contributed by atoms with Crippen molar-refractivity contribution in [1.29, 1.82) is 0 Å². The van der Waals surface area contributed by atoms with Crippen LogP contribution in [0.15, 0.2) is 0 Å². The van der Waals surface area contributed by atoms with Gasteiger partial charge in [-0.05, 0) is 12.8 Å². The Morgan fingerprint density at radius 3 is 1.10 bits per heavy atom. The van der Waals surface area contributed by atoms with Gasteiger partial charge in [-0.3, -0.25) is 18.6 Å². The van der Waals surface area contributed by atoms with Gasteiger partial charge in [0, 0.05) is 12.8 Å². The van der Waals surface area contributed by atoms with Crippen molar-refractivity contribution < 1.29 is 42.1 Å². The highest BCUT2D eigenvalue weighted by molar-refractivity contribution is 7.47. The molecule has 0 bridgehead atoms. The van der Waals surface area contributed by atoms with E-state index in [2.05, 4.69) is 13.8 Å². The molecule has 2 atom stereocenters. The van der Waals surface area contributed by atoms with Crippen molar-refractivity contribution in [2.75, 3.05) is 47.5 Å². The molecule has 0 aromatic rings. The SMILES string of the molecule is CCCCCCCCCCCCCCCCCCCCCCCCCC(=O)OC(COC(=O)CCCCCCCCCCCCC)COP(=O)(O)OCC[N+](C)(C)C. The molecule has 0 aliphatic heterocycles. The van der Waals surface area contributed by atoms with Gasteiger partial charge in [0.2, 0.25) is 0 Å². The minimum Gasteiger partial charge on any atom is -0.462 e. The van der Waals surface area contributed by atoms with Crippen LogP contribution in [0.1, 0.15) is 245 Å². The predicted molar refractivity (Wildman–Crippen MR) is 243 cm³/mol. The summed E-state index contributed by atoms with van der Waals surface area (Å²) >= 11 is 0. The first-order valence-corrected chi connectivity index (χ1v) is 26.3. The zero-order valence-electron chi connectivity index (χ0n) is 39.1. The number of rotatable bonds is 46. The number of ether oxygens (including phenoxy) is 2. The summed E-state index contributed by atoms with van der Waals surface area (Å²) in [6, 6.07) is 0. The van der Waals surface area contributed by atoms with Crippen molar-refractivity contribution in [2.45, 2.75) is 251 Å². The Kier molecular flexibility index (Phi) is 40.7. The molecule has 0 aromatic carbocycles. The largest absolute Gasteiger partial charge is 0.472 e. The van der Waals surface area contributed by atoms with Gasteiger partial charge in [-0.25, -0.2) is 4.57 Å². The van der Waals surface area contributed by atoms with Gasteiger partial charge >= 0.3 is 19.8 Å². The second kappa shape index (κ2) is 41.4. The van der Waals surface area contributed by atoms with E-state index in [-0.39, 0.29) is 25.6 Å². The number of hydrogen-bond acceptors (Lipinski definition) is 7. The van der Waals surface area contributed by atoms with E-state index in [1.165, 1.54) is 180 Å². The van der Waals surface area contributed by atoms with Crippen molar-refractivity contribution >= 4 is 19.8 Å². The third-order valence-electron chi connectivity index (χ3n) is 11.1. The van der Waals surface area contributed by atoms with Crippen LogP contribution in [0.2, 0.25) is 0 Å². The van der Waals surface area contributed by atoms with Gasteiger partial charge < -0.3 is 18.9 Å². The van der Waals surface area contributed by atoms with Crippen LogP contribution < -0.4 is 0 Å². The predicted octanol–water partition coefficient (Wildman–Crippen LogP) is 14.4. The van der Waals surface area contributed by atoms with Crippen molar-refractivity contribution in [3.8, 4) is 0 Å². The van der Waals surface area contributed by atoms with E-state index in [1.807, 2.05) is 21.1 Å². The van der Waals surface area contributed by atoms with Crippen LogP contribution in [-0.2, 0) is 32.7 Å². The van der Waals surface area contributed by atoms with Crippen LogP contribution in [0.25, 0.3) is 0 Å². The van der Waals surface area contributed by atoms with Gasteiger partial charge in [-0.1, -0.05) is 219 Å². The lowest BCUT2D eigenvalue weighted by molar-refractivity contribution is -0.870. The summed E-state index contributed by atoms with van der Waals surface area (Å²) in [5.74, 6) is -0.782. The number of phosphoric acid groups is 1. The third-order valence-corrected chi connectivity index (χ3v) is 12.1. The number of carbonyl (C=O) groups is 2. The molecule has 0 heterocycles. The normalized spacial score (nSPS) is 13.4. The molecule has 0 aromatic heterocycles. The molecule has 2 unspecified atom stereocenters. The average Bonchev–Trinajstić information content (AvgIpc) is 3.17. The molecule has 0 radical (unpaired) electrons. The van der Waals surface area contributed by atoms with Crippen molar-refractivity contribution in [1.82, 2.24) is 0 Å². The Morgan fingerprint density at radius 2 is 0.776 bits per heavy atom. The number of carbonyl (C=O) groups excluding carboxylic acids is 2. The maximum Gasteiger partial charge on any atom is 0.472 e. The lowest BCUT2D eigenvalue weighted by atomic mass is 10.0. The highest BCUT2D eigenvalue weighted by atomic mass is 31.2. The summed E-state index contributed by atoms with van der Waals surface area (Å²) in [7, 11) is 1.50. The number of phosphoric ester groups is 1. The van der Waals surface area contributed by atoms with Gasteiger partial charge in [0.25, 0.3) is 0 Å². The van der Waals surface area contributed by atoms with E-state index in [1.54, 1.807) is 0 Å². The molecule has 9 nitrogen and oxygen atoms in total. The molecule has 346 valence electrons. The fraction of sp³-hybridized carbons (Fsp3) is 0.958. The number of hydrogen-bond donors (Lipinski definition) is 1. The molecule has 1 N–H and O–H groups in total. The molecule has 0 saturated carbocycles. The number of quaternary nitrogens is 1. The zero-order chi connectivity index (χ0) is 42.8. The molecule has 0 aliphatic rings. The average molecular weight is 847 g/mol. The molecule has 58 heavy (non-hydrogen) atoms. The Hall–Kier alpha value is -0.990. The van der Waals surface area contributed by atoms with Crippen LogP contribution in [0.3, 0.4) is 0 Å². The van der Waals surface area contributed by atoms with E-state index in [4.69, 9.17) is 18.5 Å². The summed E-state index contributed by atoms with van der Waals surface area (Å²) in [5, 5.41) is 0. The third kappa shape index (κ3) is 44.6. The van der Waals surface area contributed by atoms with Gasteiger partial charge in [0.15, 0.2) is 6.10 Å². The fourth-order valence-corrected chi connectivity index (χ4v) is 7.99. The summed E-state index contributed by atoms with van der Waals surface area (Å²) in [5.41, 5.74) is 0. The van der Waals surface area contributed by atoms with Crippen LogP contribution >= 0.6 is 7.82 Å². The quantitative estimate of drug-likeness (QED) is 0.0279. The zero-order valence-corrected chi connectivity index (χ0v) is 40.0. The van der Waals surface area contributed by atoms with Crippen LogP contribution in [-0.4, -0.2) is 74.9 Å². The van der Waals surface area contributed by atoms with Crippen molar-refractivity contribution in [2.24, 2.45) is 0 Å². The van der Waals surface area contributed by atoms with Gasteiger partial charge in [-0.2, -0.15) is 0 Å². The summed E-state index contributed by atoms with van der Waals surface area (Å²) in [6.45, 7) is 4.46. The maximum atomic E-state index is 12.7. The van der Waals surface area contributed by atoms with Crippen LogP contribution in [0.4, 0.5) is 0 Å². The number of nitrogens with zero attached hydrogens (tertiary/aromatic N) is 1. The van der Waals surface area contributed by atoms with E-state index < -0.39 is 26.5 Å². The highest BCUT2D eigenvalue weighted by Crippen LogP contribution is 2.43. The maximum absolute atomic E-state index is 12.7. The van der Waals surface area contributed by atoms with Crippen LogP contribution in [0, 0.1) is 0 Å². The molecule has 10 heteroatoms. The van der Waals surface area contributed by atoms with E-state index in [0.29, 0.717) is 17.4 Å². The van der Waals surface area contributed by atoms with E-state index in [9.17, 15) is 19.0 Å². The van der Waals surface area contributed by atoms with Crippen molar-refractivity contribution in [3.05, 3.63) is 0 Å². The van der Waals surface area contributed by atoms with Crippen LogP contribution in [0.5, 0.6) is 0 Å². The minimum absolute atomic E-state index is 0.0369.